The molecule has 2 aromatic carbocycles. The fraction of sp³-hybridized carbons (Fsp3) is 0.118. The summed E-state index contributed by atoms with van der Waals surface area (Å²) in [6, 6.07) is 11.3. The number of primary sulfonamides is 1. The van der Waals surface area contributed by atoms with E-state index in [1.807, 2.05) is 25.1 Å². The number of nitrogens with zero attached hydrogens (tertiary/aromatic N) is 2. The summed E-state index contributed by atoms with van der Waals surface area (Å²) < 4.78 is 23.4. The molecule has 0 saturated heterocycles. The minimum Gasteiger partial charge on any atom is -0.331 e. The molecule has 3 rings (SSSR count). The molecule has 1 aliphatic heterocycles. The molecule has 146 valence electrons. The third-order valence-electron chi connectivity index (χ3n) is 3.98. The first-order valence-corrected chi connectivity index (χ1v) is 10.8. The largest absolute Gasteiger partial charge is 0.331 e. The monoisotopic (exact) mass is 481 g/mol. The number of carbonyl (C=O) groups is 1. The van der Waals surface area contributed by atoms with Gasteiger partial charge in [-0.05, 0) is 61.6 Å². The Morgan fingerprint density at radius 3 is 2.54 bits per heavy atom. The number of hydrazone groups is 1. The highest BCUT2D eigenvalue weighted by Crippen LogP contribution is 2.31. The van der Waals surface area contributed by atoms with Gasteiger partial charge in [0.1, 0.15) is 0 Å². The van der Waals surface area contributed by atoms with E-state index in [-0.39, 0.29) is 21.6 Å². The van der Waals surface area contributed by atoms with E-state index in [4.69, 9.17) is 17.4 Å². The lowest BCUT2D eigenvalue weighted by Gasteiger charge is -2.13. The number of rotatable bonds is 4. The van der Waals surface area contributed by atoms with Gasteiger partial charge < -0.3 is 10.2 Å². The number of amides is 1. The Bertz CT molecular complexity index is 1080. The molecule has 0 aromatic heterocycles. The van der Waals surface area contributed by atoms with Gasteiger partial charge in [0, 0.05) is 22.3 Å². The third-order valence-corrected chi connectivity index (χ3v) is 5.60. The molecule has 0 radical (unpaired) electrons. The predicted octanol–water partition coefficient (Wildman–Crippen LogP) is 2.15. The van der Waals surface area contributed by atoms with Crippen LogP contribution in [0.5, 0.6) is 0 Å². The van der Waals surface area contributed by atoms with Crippen molar-refractivity contribution < 1.29 is 13.2 Å². The molecule has 2 aromatic rings. The van der Waals surface area contributed by atoms with E-state index in [9.17, 15) is 13.2 Å². The van der Waals surface area contributed by atoms with Gasteiger partial charge in [-0.25, -0.2) is 13.6 Å². The van der Waals surface area contributed by atoms with Gasteiger partial charge in [-0.1, -0.05) is 15.9 Å². The van der Waals surface area contributed by atoms with Gasteiger partial charge in [0.25, 0.3) is 5.91 Å². The van der Waals surface area contributed by atoms with Gasteiger partial charge in [-0.15, -0.1) is 0 Å². The number of hydrogen-bond donors (Lipinski definition) is 3. The van der Waals surface area contributed by atoms with Crippen molar-refractivity contribution in [3.63, 3.8) is 0 Å². The first-order valence-electron chi connectivity index (χ1n) is 8.10. The lowest BCUT2D eigenvalue weighted by molar-refractivity contribution is -0.112. The summed E-state index contributed by atoms with van der Waals surface area (Å²) in [5.41, 5.74) is 4.95. The zero-order chi connectivity index (χ0) is 20.5. The number of nitrogens with one attached hydrogen (secondary N) is 2. The molecule has 1 heterocycles. The minimum absolute atomic E-state index is 0.00357. The van der Waals surface area contributed by atoms with Gasteiger partial charge in [0.05, 0.1) is 10.6 Å². The number of thiocarbonyl (C=S) groups is 1. The zero-order valence-corrected chi connectivity index (χ0v) is 17.9. The van der Waals surface area contributed by atoms with E-state index in [0.717, 1.165) is 10.2 Å². The molecule has 0 fully saturated rings. The number of fused-ring (bicyclic) bond motifs is 1. The minimum atomic E-state index is -3.76. The number of sulfonamides is 1. The lowest BCUT2D eigenvalue weighted by atomic mass is 10.1. The first kappa shape index (κ1) is 20.4. The molecule has 11 heteroatoms. The summed E-state index contributed by atoms with van der Waals surface area (Å²) in [5, 5.41) is 12.2. The van der Waals surface area contributed by atoms with Crippen LogP contribution in [0.1, 0.15) is 12.5 Å². The third kappa shape index (κ3) is 4.22. The number of likely N-dealkylation sites (N-methyl/N-ethyl adjacent to an activating group) is 1. The number of nitrogens with two attached hydrogens (primary N) is 1. The van der Waals surface area contributed by atoms with Crippen LogP contribution in [0.15, 0.2) is 56.9 Å². The molecule has 0 spiro atoms. The number of hydrogen-bond acceptors (Lipinski definition) is 5. The molecule has 8 nitrogen and oxygen atoms in total. The Balaban J connectivity index is 1.75. The van der Waals surface area contributed by atoms with Gasteiger partial charge in [-0.2, -0.15) is 5.10 Å². The molecular weight excluding hydrogens is 466 g/mol. The maximum absolute atomic E-state index is 12.6. The Kier molecular flexibility index (Phi) is 5.79. The molecule has 1 aliphatic rings. The standard InChI is InChI=1S/C17H16BrN5O3S2/c1-2-23-14-9-10(18)3-8-13(14)15(16(23)24)21-22-17(27)20-11-4-6-12(7-5-11)28(19,25)26/h3-9H,2H2,1H3,(H2,19,25,26)(H2,20,22,27). The van der Waals surface area contributed by atoms with E-state index in [2.05, 4.69) is 31.8 Å². The fourth-order valence-corrected chi connectivity index (χ4v) is 3.72. The summed E-state index contributed by atoms with van der Waals surface area (Å²) in [7, 11) is -3.76. The van der Waals surface area contributed by atoms with Crippen LogP contribution in [0.4, 0.5) is 11.4 Å². The molecule has 0 saturated carbocycles. The van der Waals surface area contributed by atoms with E-state index < -0.39 is 10.0 Å². The van der Waals surface area contributed by atoms with Crippen LogP contribution in [0.3, 0.4) is 0 Å². The van der Waals surface area contributed by atoms with Crippen molar-refractivity contribution in [3.05, 3.63) is 52.5 Å². The Morgan fingerprint density at radius 1 is 1.25 bits per heavy atom. The topological polar surface area (TPSA) is 117 Å². The fourth-order valence-electron chi connectivity index (χ4n) is 2.70. The van der Waals surface area contributed by atoms with Crippen molar-refractivity contribution in [2.45, 2.75) is 11.8 Å². The summed E-state index contributed by atoms with van der Waals surface area (Å²) in [6.45, 7) is 2.40. The average Bonchev–Trinajstić information content (AvgIpc) is 2.89. The van der Waals surface area contributed by atoms with Crippen LogP contribution in [-0.4, -0.2) is 31.7 Å². The van der Waals surface area contributed by atoms with Crippen LogP contribution in [-0.2, 0) is 14.8 Å². The highest BCUT2D eigenvalue weighted by atomic mass is 79.9. The van der Waals surface area contributed by atoms with Crippen molar-refractivity contribution in [2.75, 3.05) is 16.8 Å². The quantitative estimate of drug-likeness (QED) is 0.454. The molecule has 28 heavy (non-hydrogen) atoms. The van der Waals surface area contributed by atoms with Crippen molar-refractivity contribution in [1.82, 2.24) is 5.43 Å². The molecule has 4 N–H and O–H groups in total. The second-order valence-electron chi connectivity index (χ2n) is 5.81. The van der Waals surface area contributed by atoms with E-state index in [0.29, 0.717) is 17.8 Å². The molecule has 1 amide bonds. The number of anilines is 2. The number of benzene rings is 2. The van der Waals surface area contributed by atoms with Crippen LogP contribution >= 0.6 is 28.1 Å². The van der Waals surface area contributed by atoms with E-state index >= 15 is 0 Å². The Morgan fingerprint density at radius 2 is 1.93 bits per heavy atom. The van der Waals surface area contributed by atoms with Gasteiger partial charge >= 0.3 is 0 Å². The summed E-state index contributed by atoms with van der Waals surface area (Å²) >= 11 is 8.60. The number of carbonyl (C=O) groups excluding carboxylic acids is 1. The van der Waals surface area contributed by atoms with Gasteiger partial charge in [-0.3, -0.25) is 10.2 Å². The first-order chi connectivity index (χ1) is 13.2. The van der Waals surface area contributed by atoms with Crippen LogP contribution in [0.2, 0.25) is 0 Å². The predicted molar refractivity (Wildman–Crippen MR) is 116 cm³/mol. The van der Waals surface area contributed by atoms with Crippen LogP contribution in [0.25, 0.3) is 0 Å². The maximum Gasteiger partial charge on any atom is 0.279 e. The number of halogens is 1. The van der Waals surface area contributed by atoms with Crippen molar-refractivity contribution in [3.8, 4) is 0 Å². The van der Waals surface area contributed by atoms with Gasteiger partial charge in [0.2, 0.25) is 10.0 Å². The molecular formula is C17H16BrN5O3S2. The van der Waals surface area contributed by atoms with Crippen molar-refractivity contribution >= 4 is 66.3 Å². The Hall–Kier alpha value is -2.34. The highest BCUT2D eigenvalue weighted by Gasteiger charge is 2.33. The van der Waals surface area contributed by atoms with Crippen LogP contribution in [0, 0.1) is 0 Å². The smallest absolute Gasteiger partial charge is 0.279 e. The van der Waals surface area contributed by atoms with Crippen molar-refractivity contribution in [1.29, 1.82) is 0 Å². The van der Waals surface area contributed by atoms with Crippen LogP contribution < -0.4 is 20.8 Å². The van der Waals surface area contributed by atoms with E-state index in [1.165, 1.54) is 24.3 Å². The second kappa shape index (κ2) is 7.95. The summed E-state index contributed by atoms with van der Waals surface area (Å²) in [4.78, 5) is 14.2. The molecule has 0 bridgehead atoms. The molecule has 0 unspecified atom stereocenters. The van der Waals surface area contributed by atoms with E-state index in [1.54, 1.807) is 4.90 Å². The second-order valence-corrected chi connectivity index (χ2v) is 8.69. The SMILES string of the molecule is CCN1C(=O)C(=NNC(=S)Nc2ccc(S(N)(=O)=O)cc2)c2ccc(Br)cc21. The maximum atomic E-state index is 12.6. The summed E-state index contributed by atoms with van der Waals surface area (Å²) in [6.07, 6.45) is 0. The summed E-state index contributed by atoms with van der Waals surface area (Å²) in [5.74, 6) is -0.219. The normalized spacial score (nSPS) is 14.9. The van der Waals surface area contributed by atoms with Crippen molar-refractivity contribution in [2.24, 2.45) is 10.2 Å². The zero-order valence-electron chi connectivity index (χ0n) is 14.6. The average molecular weight is 482 g/mol. The Labute approximate surface area is 176 Å². The highest BCUT2D eigenvalue weighted by molar-refractivity contribution is 9.10. The lowest BCUT2D eigenvalue weighted by Crippen LogP contribution is -2.32. The molecule has 0 atom stereocenters. The molecule has 0 aliphatic carbocycles. The van der Waals surface area contributed by atoms with Gasteiger partial charge in [0.15, 0.2) is 10.8 Å².